The van der Waals surface area contributed by atoms with Gasteiger partial charge in [0.05, 0.1) is 11.4 Å². The molecule has 0 aliphatic carbocycles. The number of aryl methyl sites for hydroxylation is 1. The van der Waals surface area contributed by atoms with E-state index in [1.807, 2.05) is 29.8 Å². The van der Waals surface area contributed by atoms with Crippen LogP contribution in [0.15, 0.2) is 24.3 Å². The molecule has 1 aromatic carbocycles. The van der Waals surface area contributed by atoms with E-state index in [4.69, 9.17) is 17.3 Å². The highest BCUT2D eigenvalue weighted by atomic mass is 35.5. The van der Waals surface area contributed by atoms with E-state index in [-0.39, 0.29) is 0 Å². The average molecular weight is 278 g/mol. The summed E-state index contributed by atoms with van der Waals surface area (Å²) in [6.07, 6.45) is 0.798. The topological polar surface area (TPSA) is 43.8 Å². The molecule has 19 heavy (non-hydrogen) atoms. The number of nitrogens with two attached hydrogens (primary N) is 1. The van der Waals surface area contributed by atoms with E-state index in [0.29, 0.717) is 12.5 Å². The Balaban J connectivity index is 2.49. The van der Waals surface area contributed by atoms with Crippen LogP contribution >= 0.6 is 11.6 Å². The third-order valence-corrected chi connectivity index (χ3v) is 3.59. The number of benzene rings is 1. The van der Waals surface area contributed by atoms with Gasteiger partial charge in [-0.15, -0.1) is 0 Å². The Hall–Kier alpha value is -1.32. The van der Waals surface area contributed by atoms with Gasteiger partial charge in [-0.3, -0.25) is 0 Å². The predicted octanol–water partition coefficient (Wildman–Crippen LogP) is 3.46. The number of hydrogen-bond donors (Lipinski definition) is 1. The first-order valence-corrected chi connectivity index (χ1v) is 6.96. The zero-order valence-corrected chi connectivity index (χ0v) is 12.4. The maximum atomic E-state index is 6.20. The predicted molar refractivity (Wildman–Crippen MR) is 80.2 cm³/mol. The van der Waals surface area contributed by atoms with Crippen molar-refractivity contribution in [2.45, 2.75) is 33.1 Å². The molecule has 2 aromatic rings. The first kappa shape index (κ1) is 14.1. The van der Waals surface area contributed by atoms with Gasteiger partial charge >= 0.3 is 0 Å². The molecular weight excluding hydrogens is 258 g/mol. The molecule has 0 saturated carbocycles. The second-order valence-electron chi connectivity index (χ2n) is 5.10. The SMILES string of the molecule is Cc1ccc(-n2nc(CCN)cc2C(C)C)cc1Cl. The standard InChI is InChI=1S/C15H20ClN3/c1-10(2)15-8-12(6-7-17)18-19(15)13-5-4-11(3)14(16)9-13/h4-5,8-10H,6-7,17H2,1-3H3. The molecular formula is C15H20ClN3. The summed E-state index contributed by atoms with van der Waals surface area (Å²) in [6, 6.07) is 8.16. The lowest BCUT2D eigenvalue weighted by molar-refractivity contribution is 0.725. The van der Waals surface area contributed by atoms with Gasteiger partial charge in [-0.2, -0.15) is 5.10 Å². The monoisotopic (exact) mass is 277 g/mol. The fourth-order valence-electron chi connectivity index (χ4n) is 2.05. The molecule has 0 saturated heterocycles. The Morgan fingerprint density at radius 3 is 2.63 bits per heavy atom. The maximum Gasteiger partial charge on any atom is 0.0664 e. The number of halogens is 1. The lowest BCUT2D eigenvalue weighted by Crippen LogP contribution is -2.05. The first-order valence-electron chi connectivity index (χ1n) is 6.58. The molecule has 0 atom stereocenters. The zero-order chi connectivity index (χ0) is 14.0. The Labute approximate surface area is 119 Å². The highest BCUT2D eigenvalue weighted by molar-refractivity contribution is 6.31. The Morgan fingerprint density at radius 2 is 2.05 bits per heavy atom. The van der Waals surface area contributed by atoms with E-state index >= 15 is 0 Å². The summed E-state index contributed by atoms with van der Waals surface area (Å²) in [5.74, 6) is 0.402. The molecule has 1 aromatic heterocycles. The molecule has 4 heteroatoms. The van der Waals surface area contributed by atoms with E-state index < -0.39 is 0 Å². The number of aromatic nitrogens is 2. The van der Waals surface area contributed by atoms with E-state index in [0.717, 1.165) is 28.4 Å². The van der Waals surface area contributed by atoms with Gasteiger partial charge in [0.2, 0.25) is 0 Å². The molecule has 0 radical (unpaired) electrons. The van der Waals surface area contributed by atoms with Crippen molar-refractivity contribution in [3.63, 3.8) is 0 Å². The van der Waals surface area contributed by atoms with Crippen molar-refractivity contribution < 1.29 is 0 Å². The van der Waals surface area contributed by atoms with Crippen LogP contribution in [-0.2, 0) is 6.42 Å². The summed E-state index contributed by atoms with van der Waals surface area (Å²) >= 11 is 6.20. The van der Waals surface area contributed by atoms with Crippen LogP contribution < -0.4 is 5.73 Å². The smallest absolute Gasteiger partial charge is 0.0664 e. The molecule has 0 fully saturated rings. The van der Waals surface area contributed by atoms with Crippen LogP contribution in [0.1, 0.15) is 36.7 Å². The first-order chi connectivity index (χ1) is 9.02. The van der Waals surface area contributed by atoms with E-state index in [2.05, 4.69) is 25.0 Å². The zero-order valence-electron chi connectivity index (χ0n) is 11.7. The summed E-state index contributed by atoms with van der Waals surface area (Å²) in [5.41, 5.74) is 9.90. The van der Waals surface area contributed by atoms with Crippen molar-refractivity contribution in [3.8, 4) is 5.69 Å². The van der Waals surface area contributed by atoms with E-state index in [1.54, 1.807) is 0 Å². The van der Waals surface area contributed by atoms with Crippen molar-refractivity contribution in [1.29, 1.82) is 0 Å². The van der Waals surface area contributed by atoms with Gasteiger partial charge in [-0.25, -0.2) is 4.68 Å². The molecule has 0 amide bonds. The van der Waals surface area contributed by atoms with Gasteiger partial charge in [-0.05, 0) is 43.1 Å². The van der Waals surface area contributed by atoms with Crippen molar-refractivity contribution >= 4 is 11.6 Å². The van der Waals surface area contributed by atoms with Crippen molar-refractivity contribution in [2.75, 3.05) is 6.54 Å². The summed E-state index contributed by atoms with van der Waals surface area (Å²) in [4.78, 5) is 0. The average Bonchev–Trinajstić information content (AvgIpc) is 2.77. The van der Waals surface area contributed by atoms with Crippen LogP contribution in [0, 0.1) is 6.92 Å². The number of rotatable bonds is 4. The highest BCUT2D eigenvalue weighted by Crippen LogP contribution is 2.24. The molecule has 0 unspecified atom stereocenters. The highest BCUT2D eigenvalue weighted by Gasteiger charge is 2.13. The molecule has 3 nitrogen and oxygen atoms in total. The number of nitrogens with zero attached hydrogens (tertiary/aromatic N) is 2. The van der Waals surface area contributed by atoms with Gasteiger partial charge in [0, 0.05) is 17.1 Å². The summed E-state index contributed by atoms with van der Waals surface area (Å²) in [6.45, 7) is 6.94. The van der Waals surface area contributed by atoms with Crippen LogP contribution in [0.5, 0.6) is 0 Å². The van der Waals surface area contributed by atoms with Gasteiger partial charge in [0.25, 0.3) is 0 Å². The van der Waals surface area contributed by atoms with Crippen LogP contribution in [0.3, 0.4) is 0 Å². The van der Waals surface area contributed by atoms with Crippen molar-refractivity contribution in [2.24, 2.45) is 5.73 Å². The third-order valence-electron chi connectivity index (χ3n) is 3.18. The van der Waals surface area contributed by atoms with Crippen LogP contribution in [0.4, 0.5) is 0 Å². The molecule has 102 valence electrons. The van der Waals surface area contributed by atoms with Gasteiger partial charge < -0.3 is 5.73 Å². The van der Waals surface area contributed by atoms with Gasteiger partial charge in [-0.1, -0.05) is 31.5 Å². The molecule has 0 aliphatic rings. The molecule has 2 rings (SSSR count). The summed E-state index contributed by atoms with van der Waals surface area (Å²) in [7, 11) is 0. The quantitative estimate of drug-likeness (QED) is 0.930. The van der Waals surface area contributed by atoms with Crippen LogP contribution in [-0.4, -0.2) is 16.3 Å². The van der Waals surface area contributed by atoms with Gasteiger partial charge in [0.1, 0.15) is 0 Å². The normalized spacial score (nSPS) is 11.3. The van der Waals surface area contributed by atoms with Gasteiger partial charge in [0.15, 0.2) is 0 Å². The fraction of sp³-hybridized carbons (Fsp3) is 0.400. The number of hydrogen-bond acceptors (Lipinski definition) is 2. The largest absolute Gasteiger partial charge is 0.330 e. The Kier molecular flexibility index (Phi) is 4.27. The van der Waals surface area contributed by atoms with E-state index in [1.165, 1.54) is 5.69 Å². The van der Waals surface area contributed by atoms with E-state index in [9.17, 15) is 0 Å². The van der Waals surface area contributed by atoms with Crippen LogP contribution in [0.2, 0.25) is 5.02 Å². The summed E-state index contributed by atoms with van der Waals surface area (Å²) in [5, 5.41) is 5.41. The Morgan fingerprint density at radius 1 is 1.32 bits per heavy atom. The van der Waals surface area contributed by atoms with Crippen LogP contribution in [0.25, 0.3) is 5.69 Å². The maximum absolute atomic E-state index is 6.20. The second-order valence-corrected chi connectivity index (χ2v) is 5.51. The molecule has 0 aliphatic heterocycles. The third kappa shape index (κ3) is 2.99. The lowest BCUT2D eigenvalue weighted by atomic mass is 10.1. The minimum atomic E-state index is 0.402. The van der Waals surface area contributed by atoms with Crippen molar-refractivity contribution in [1.82, 2.24) is 9.78 Å². The fourth-order valence-corrected chi connectivity index (χ4v) is 2.22. The molecule has 2 N–H and O–H groups in total. The minimum absolute atomic E-state index is 0.402. The second kappa shape index (κ2) is 5.76. The molecule has 0 spiro atoms. The molecule has 1 heterocycles. The minimum Gasteiger partial charge on any atom is -0.330 e. The van der Waals surface area contributed by atoms with Crippen molar-refractivity contribution in [3.05, 3.63) is 46.2 Å². The molecule has 0 bridgehead atoms. The Bertz CT molecular complexity index is 573. The summed E-state index contributed by atoms with van der Waals surface area (Å²) < 4.78 is 1.97. The lowest BCUT2D eigenvalue weighted by Gasteiger charge is -2.11.